The molecule has 2 amide bonds. The zero-order chi connectivity index (χ0) is 28.2. The Balaban J connectivity index is 1.66. The van der Waals surface area contributed by atoms with Gasteiger partial charge in [0, 0.05) is 32.7 Å². The summed E-state index contributed by atoms with van der Waals surface area (Å²) in [7, 11) is 0. The van der Waals surface area contributed by atoms with Crippen molar-refractivity contribution in [3.05, 3.63) is 25.3 Å². The van der Waals surface area contributed by atoms with Gasteiger partial charge in [0.1, 0.15) is 11.6 Å². The molecule has 4 rings (SSSR count). The highest BCUT2D eigenvalue weighted by Crippen LogP contribution is 2.59. The quantitative estimate of drug-likeness (QED) is 0.197. The number of hydrogen-bond donors (Lipinski definition) is 1. The summed E-state index contributed by atoms with van der Waals surface area (Å²) in [5, 5.41) is 10.4. The van der Waals surface area contributed by atoms with E-state index in [2.05, 4.69) is 18.1 Å². The molecule has 0 aliphatic carbocycles. The van der Waals surface area contributed by atoms with E-state index in [1.54, 1.807) is 22.0 Å². The summed E-state index contributed by atoms with van der Waals surface area (Å²) in [6, 6.07) is -1.48. The second kappa shape index (κ2) is 12.9. The Kier molecular flexibility index (Phi) is 9.85. The number of hydrogen-bond acceptors (Lipinski definition) is 8. The van der Waals surface area contributed by atoms with Gasteiger partial charge in [-0.15, -0.1) is 13.2 Å². The number of amides is 2. The molecule has 0 saturated carbocycles. The number of esters is 1. The second-order valence-corrected chi connectivity index (χ2v) is 11.5. The third kappa shape index (κ3) is 5.80. The van der Waals surface area contributed by atoms with E-state index in [1.807, 2.05) is 13.8 Å². The number of carbonyl (C=O) groups is 3. The van der Waals surface area contributed by atoms with Crippen molar-refractivity contribution in [2.45, 2.75) is 63.3 Å². The van der Waals surface area contributed by atoms with E-state index in [0.717, 1.165) is 13.1 Å². The molecule has 0 aromatic heterocycles. The highest BCUT2D eigenvalue weighted by Gasteiger charge is 2.75. The van der Waals surface area contributed by atoms with Gasteiger partial charge in [0.2, 0.25) is 11.8 Å². The molecule has 1 N–H and O–H groups in total. The van der Waals surface area contributed by atoms with Gasteiger partial charge in [-0.25, -0.2) is 0 Å². The Morgan fingerprint density at radius 3 is 2.64 bits per heavy atom. The van der Waals surface area contributed by atoms with Gasteiger partial charge >= 0.3 is 5.97 Å². The van der Waals surface area contributed by atoms with Gasteiger partial charge in [0.15, 0.2) is 0 Å². The first-order chi connectivity index (χ1) is 18.8. The van der Waals surface area contributed by atoms with E-state index in [4.69, 9.17) is 14.2 Å². The van der Waals surface area contributed by atoms with Gasteiger partial charge in [0.05, 0.1) is 50.4 Å². The number of carbonyl (C=O) groups excluding carboxylic acids is 3. The fourth-order valence-corrected chi connectivity index (χ4v) is 6.90. The summed E-state index contributed by atoms with van der Waals surface area (Å²) in [5.74, 6) is -2.38. The molecule has 0 aromatic rings. The van der Waals surface area contributed by atoms with Gasteiger partial charge in [0.25, 0.3) is 0 Å². The van der Waals surface area contributed by atoms with E-state index >= 15 is 0 Å². The van der Waals surface area contributed by atoms with Gasteiger partial charge in [-0.2, -0.15) is 0 Å². The third-order valence-corrected chi connectivity index (χ3v) is 8.61. The summed E-state index contributed by atoms with van der Waals surface area (Å²) in [6.45, 7) is 15.9. The molecule has 10 heteroatoms. The predicted molar refractivity (Wildman–Crippen MR) is 145 cm³/mol. The SMILES string of the molecule is C=CCCOC(=O)[C@@H]1[C@H]2C(=O)N([C@@H](CO)CC(C)C)C(C(=O)N(CC=C)CCN3CCOCC3)C23CC[C@H]1O3. The van der Waals surface area contributed by atoms with Crippen molar-refractivity contribution < 1.29 is 33.7 Å². The highest BCUT2D eigenvalue weighted by atomic mass is 16.6. The fourth-order valence-electron chi connectivity index (χ4n) is 6.90. The molecule has 218 valence electrons. The first kappa shape index (κ1) is 29.7. The average Bonchev–Trinajstić information content (AvgIpc) is 3.57. The van der Waals surface area contributed by atoms with E-state index in [9.17, 15) is 19.5 Å². The van der Waals surface area contributed by atoms with Crippen LogP contribution < -0.4 is 0 Å². The lowest BCUT2D eigenvalue weighted by atomic mass is 9.70. The molecular formula is C29H45N3O7. The minimum absolute atomic E-state index is 0.186. The van der Waals surface area contributed by atoms with Crippen molar-refractivity contribution in [1.82, 2.24) is 14.7 Å². The topological polar surface area (TPSA) is 109 Å². The second-order valence-electron chi connectivity index (χ2n) is 11.5. The monoisotopic (exact) mass is 547 g/mol. The molecule has 4 fully saturated rings. The molecule has 4 aliphatic rings. The molecule has 2 unspecified atom stereocenters. The maximum absolute atomic E-state index is 14.4. The van der Waals surface area contributed by atoms with Crippen LogP contribution in [0.1, 0.15) is 39.5 Å². The first-order valence-corrected chi connectivity index (χ1v) is 14.4. The maximum Gasteiger partial charge on any atom is 0.312 e. The van der Waals surface area contributed by atoms with Crippen LogP contribution in [0.5, 0.6) is 0 Å². The van der Waals surface area contributed by atoms with Gasteiger partial charge in [-0.3, -0.25) is 19.3 Å². The van der Waals surface area contributed by atoms with E-state index in [1.165, 1.54) is 0 Å². The fraction of sp³-hybridized carbons (Fsp3) is 0.759. The number of fused-ring (bicyclic) bond motifs is 1. The van der Waals surface area contributed by atoms with Crippen LogP contribution in [0.2, 0.25) is 0 Å². The zero-order valence-corrected chi connectivity index (χ0v) is 23.5. The lowest BCUT2D eigenvalue weighted by Gasteiger charge is -2.40. The van der Waals surface area contributed by atoms with Crippen molar-refractivity contribution in [3.8, 4) is 0 Å². The minimum Gasteiger partial charge on any atom is -0.465 e. The number of morpholine rings is 1. The average molecular weight is 548 g/mol. The highest BCUT2D eigenvalue weighted by molar-refractivity contribution is 5.98. The van der Waals surface area contributed by atoms with Crippen molar-refractivity contribution in [1.29, 1.82) is 0 Å². The lowest BCUT2D eigenvalue weighted by molar-refractivity contribution is -0.156. The minimum atomic E-state index is -1.12. The van der Waals surface area contributed by atoms with E-state index < -0.39 is 41.6 Å². The van der Waals surface area contributed by atoms with Crippen LogP contribution in [0.4, 0.5) is 0 Å². The smallest absolute Gasteiger partial charge is 0.312 e. The van der Waals surface area contributed by atoms with E-state index in [0.29, 0.717) is 58.5 Å². The van der Waals surface area contributed by atoms with Crippen molar-refractivity contribution in [2.75, 3.05) is 59.2 Å². The summed E-state index contributed by atoms with van der Waals surface area (Å²) >= 11 is 0. The third-order valence-electron chi connectivity index (χ3n) is 8.61. The standard InChI is InChI=1S/C29H45N3O7/c1-5-7-15-38-28(36)23-22-8-9-29(39-22)24(23)26(34)32(21(19-33)18-20(3)4)25(29)27(35)31(10-6-2)12-11-30-13-16-37-17-14-30/h5-6,20-25,33H,1-2,7-19H2,3-4H3/t21-,22-,23+,24+,25?,29?/m1/s1. The number of ether oxygens (including phenoxy) is 3. The van der Waals surface area contributed by atoms with Crippen molar-refractivity contribution in [2.24, 2.45) is 17.8 Å². The maximum atomic E-state index is 14.4. The van der Waals surface area contributed by atoms with Crippen molar-refractivity contribution >= 4 is 17.8 Å². The molecule has 4 heterocycles. The van der Waals surface area contributed by atoms with E-state index in [-0.39, 0.29) is 30.9 Å². The van der Waals surface area contributed by atoms with Crippen LogP contribution in [-0.4, -0.2) is 121 Å². The van der Waals surface area contributed by atoms with Crippen molar-refractivity contribution in [3.63, 3.8) is 0 Å². The van der Waals surface area contributed by atoms with Crippen LogP contribution >= 0.6 is 0 Å². The van der Waals surface area contributed by atoms with Crippen LogP contribution in [0.15, 0.2) is 25.3 Å². The van der Waals surface area contributed by atoms with Crippen LogP contribution in [-0.2, 0) is 28.6 Å². The summed E-state index contributed by atoms with van der Waals surface area (Å²) < 4.78 is 17.5. The summed E-state index contributed by atoms with van der Waals surface area (Å²) in [4.78, 5) is 47.4. The molecule has 4 saturated heterocycles. The lowest BCUT2D eigenvalue weighted by Crippen LogP contribution is -2.59. The molecule has 0 aromatic carbocycles. The number of aliphatic hydroxyl groups excluding tert-OH is 1. The molecular weight excluding hydrogens is 502 g/mol. The summed E-state index contributed by atoms with van der Waals surface area (Å²) in [5.41, 5.74) is -1.12. The van der Waals surface area contributed by atoms with Crippen LogP contribution in [0.3, 0.4) is 0 Å². The number of rotatable bonds is 14. The molecule has 6 atom stereocenters. The summed E-state index contributed by atoms with van der Waals surface area (Å²) in [6.07, 6.45) is 5.02. The number of likely N-dealkylation sites (tertiary alicyclic amines) is 1. The first-order valence-electron chi connectivity index (χ1n) is 14.4. The molecule has 4 aliphatic heterocycles. The zero-order valence-electron chi connectivity index (χ0n) is 23.5. The Morgan fingerprint density at radius 2 is 2.00 bits per heavy atom. The van der Waals surface area contributed by atoms with Crippen LogP contribution in [0, 0.1) is 17.8 Å². The van der Waals surface area contributed by atoms with Gasteiger partial charge < -0.3 is 29.1 Å². The molecule has 1 spiro atoms. The van der Waals surface area contributed by atoms with Gasteiger partial charge in [-0.1, -0.05) is 26.0 Å². The predicted octanol–water partition coefficient (Wildman–Crippen LogP) is 1.23. The Morgan fingerprint density at radius 1 is 1.26 bits per heavy atom. The molecule has 2 bridgehead atoms. The molecule has 10 nitrogen and oxygen atoms in total. The Hall–Kier alpha value is -2.27. The number of aliphatic hydroxyl groups is 1. The normalized spacial score (nSPS) is 30.9. The van der Waals surface area contributed by atoms with Crippen LogP contribution in [0.25, 0.3) is 0 Å². The Labute approximate surface area is 231 Å². The largest absolute Gasteiger partial charge is 0.465 e. The Bertz CT molecular complexity index is 921. The molecule has 0 radical (unpaired) electrons. The molecule has 39 heavy (non-hydrogen) atoms. The van der Waals surface area contributed by atoms with Gasteiger partial charge in [-0.05, 0) is 31.6 Å². The number of nitrogens with zero attached hydrogens (tertiary/aromatic N) is 3.